The molecule has 3 fully saturated rings. The Labute approximate surface area is 145 Å². The molecule has 24 heavy (non-hydrogen) atoms. The molecule has 0 aliphatic carbocycles. The molecule has 0 aromatic rings. The van der Waals surface area contributed by atoms with E-state index in [0.29, 0.717) is 12.8 Å². The molecule has 0 saturated carbocycles. The Morgan fingerprint density at radius 3 is 2.62 bits per heavy atom. The molecule has 3 rings (SSSR count). The maximum atomic E-state index is 12.4. The number of nitrogens with one attached hydrogen (secondary N) is 6. The van der Waals surface area contributed by atoms with Crippen molar-refractivity contribution in [3.63, 3.8) is 0 Å². The molecule has 3 heterocycles. The molecular formula is C13H24ClN7O3. The van der Waals surface area contributed by atoms with Crippen molar-refractivity contribution in [2.24, 2.45) is 0 Å². The summed E-state index contributed by atoms with van der Waals surface area (Å²) in [5, 5.41) is 15.3. The van der Waals surface area contributed by atoms with E-state index < -0.39 is 29.6 Å². The van der Waals surface area contributed by atoms with Crippen LogP contribution in [0.3, 0.4) is 0 Å². The number of carbonyl (C=O) groups excluding carboxylic acids is 1. The monoisotopic (exact) mass is 361 g/mol. The van der Waals surface area contributed by atoms with Crippen LogP contribution in [0.25, 0.3) is 0 Å². The molecule has 5 unspecified atom stereocenters. The summed E-state index contributed by atoms with van der Waals surface area (Å²) in [4.78, 5) is 26.0. The number of halogens is 1. The van der Waals surface area contributed by atoms with Gasteiger partial charge in [-0.2, -0.15) is 0 Å². The van der Waals surface area contributed by atoms with Gasteiger partial charge in [-0.15, -0.1) is 11.6 Å². The van der Waals surface area contributed by atoms with Crippen molar-refractivity contribution in [1.29, 1.82) is 0 Å². The minimum Gasteiger partial charge on any atom is -0.480 e. The summed E-state index contributed by atoms with van der Waals surface area (Å²) in [5.41, 5.74) is 11.1. The third-order valence-corrected chi connectivity index (χ3v) is 4.94. The van der Waals surface area contributed by atoms with Crippen molar-refractivity contribution in [2.75, 3.05) is 19.8 Å². The smallest absolute Gasteiger partial charge is 0.324 e. The van der Waals surface area contributed by atoms with E-state index in [4.69, 9.17) is 11.6 Å². The molecule has 0 bridgehead atoms. The van der Waals surface area contributed by atoms with Gasteiger partial charge in [-0.3, -0.25) is 14.5 Å². The lowest BCUT2D eigenvalue weighted by molar-refractivity contribution is -0.141. The average molecular weight is 362 g/mol. The van der Waals surface area contributed by atoms with Gasteiger partial charge >= 0.3 is 5.97 Å². The number of aliphatic carboxylic acids is 1. The molecule has 3 aliphatic heterocycles. The summed E-state index contributed by atoms with van der Waals surface area (Å²) in [7, 11) is 0. The Kier molecular flexibility index (Phi) is 5.87. The van der Waals surface area contributed by atoms with Gasteiger partial charge in [-0.05, 0) is 12.8 Å². The maximum Gasteiger partial charge on any atom is 0.324 e. The average Bonchev–Trinajstić information content (AvgIpc) is 3.09. The van der Waals surface area contributed by atoms with Gasteiger partial charge in [0.25, 0.3) is 0 Å². The highest BCUT2D eigenvalue weighted by molar-refractivity contribution is 6.20. The molecule has 10 nitrogen and oxygen atoms in total. The summed E-state index contributed by atoms with van der Waals surface area (Å²) in [6.07, 6.45) is 2.06. The van der Waals surface area contributed by atoms with E-state index in [1.54, 1.807) is 0 Å². The van der Waals surface area contributed by atoms with Gasteiger partial charge in [-0.1, -0.05) is 0 Å². The number of carbonyl (C=O) groups is 2. The SMILES string of the molecule is O=C(NC1CC(Cl)NNC1C(=O)O)C1CCC(N2CCNC2)NN1. The zero-order valence-corrected chi connectivity index (χ0v) is 14.0. The van der Waals surface area contributed by atoms with Crippen LogP contribution in [0.1, 0.15) is 19.3 Å². The number of alkyl halides is 1. The second-order valence-electron chi connectivity index (χ2n) is 6.33. The molecular weight excluding hydrogens is 338 g/mol. The van der Waals surface area contributed by atoms with E-state index in [2.05, 4.69) is 37.2 Å². The van der Waals surface area contributed by atoms with E-state index in [1.807, 2.05) is 0 Å². The molecule has 3 aliphatic rings. The van der Waals surface area contributed by atoms with Crippen LogP contribution in [0.4, 0.5) is 0 Å². The molecule has 0 aromatic carbocycles. The number of nitrogens with zero attached hydrogens (tertiary/aromatic N) is 1. The van der Waals surface area contributed by atoms with Crippen LogP contribution in [0.2, 0.25) is 0 Å². The highest BCUT2D eigenvalue weighted by atomic mass is 35.5. The molecule has 0 radical (unpaired) electrons. The van der Waals surface area contributed by atoms with Gasteiger partial charge < -0.3 is 15.7 Å². The summed E-state index contributed by atoms with van der Waals surface area (Å²) >= 11 is 5.99. The Bertz CT molecular complexity index is 468. The normalized spacial score (nSPS) is 38.0. The summed E-state index contributed by atoms with van der Waals surface area (Å²) in [6.45, 7) is 2.80. The summed E-state index contributed by atoms with van der Waals surface area (Å²) < 4.78 is 0. The third-order valence-electron chi connectivity index (χ3n) is 4.65. The van der Waals surface area contributed by atoms with E-state index >= 15 is 0 Å². The second kappa shape index (κ2) is 7.91. The Hall–Kier alpha value is -1.01. The van der Waals surface area contributed by atoms with Crippen molar-refractivity contribution in [1.82, 2.24) is 37.2 Å². The maximum absolute atomic E-state index is 12.4. The number of hydrogen-bond donors (Lipinski definition) is 7. The first kappa shape index (κ1) is 17.8. The van der Waals surface area contributed by atoms with Gasteiger partial charge in [0.05, 0.1) is 17.7 Å². The largest absolute Gasteiger partial charge is 0.480 e. The lowest BCUT2D eigenvalue weighted by Gasteiger charge is -2.37. The first-order chi connectivity index (χ1) is 11.5. The van der Waals surface area contributed by atoms with E-state index in [-0.39, 0.29) is 12.1 Å². The third kappa shape index (κ3) is 4.14. The van der Waals surface area contributed by atoms with Crippen LogP contribution in [0.15, 0.2) is 0 Å². The lowest BCUT2D eigenvalue weighted by atomic mass is 10.0. The van der Waals surface area contributed by atoms with Crippen molar-refractivity contribution in [3.8, 4) is 0 Å². The lowest BCUT2D eigenvalue weighted by Crippen LogP contribution is -2.67. The van der Waals surface area contributed by atoms with Crippen LogP contribution in [-0.2, 0) is 9.59 Å². The molecule has 5 atom stereocenters. The van der Waals surface area contributed by atoms with Crippen LogP contribution < -0.4 is 32.3 Å². The zero-order valence-electron chi connectivity index (χ0n) is 13.2. The number of hydrogen-bond acceptors (Lipinski definition) is 8. The zero-order chi connectivity index (χ0) is 17.1. The topological polar surface area (TPSA) is 130 Å². The molecule has 7 N–H and O–H groups in total. The first-order valence-electron chi connectivity index (χ1n) is 8.18. The predicted octanol–water partition coefficient (Wildman–Crippen LogP) is -2.57. The number of rotatable bonds is 4. The number of carboxylic acid groups (broad SMARTS) is 1. The fourth-order valence-corrected chi connectivity index (χ4v) is 3.54. The molecule has 0 aromatic heterocycles. The first-order valence-corrected chi connectivity index (χ1v) is 8.62. The van der Waals surface area contributed by atoms with E-state index in [1.165, 1.54) is 0 Å². The Morgan fingerprint density at radius 2 is 2.00 bits per heavy atom. The highest BCUT2D eigenvalue weighted by Crippen LogP contribution is 2.15. The predicted molar refractivity (Wildman–Crippen MR) is 86.5 cm³/mol. The van der Waals surface area contributed by atoms with Gasteiger partial charge in [0.15, 0.2) is 0 Å². The van der Waals surface area contributed by atoms with Crippen LogP contribution in [0, 0.1) is 0 Å². The van der Waals surface area contributed by atoms with Crippen LogP contribution in [-0.4, -0.2) is 71.4 Å². The van der Waals surface area contributed by atoms with Crippen LogP contribution in [0.5, 0.6) is 0 Å². The van der Waals surface area contributed by atoms with E-state index in [9.17, 15) is 14.7 Å². The van der Waals surface area contributed by atoms with Crippen molar-refractivity contribution < 1.29 is 14.7 Å². The number of carboxylic acids is 1. The Balaban J connectivity index is 1.50. The van der Waals surface area contributed by atoms with Crippen molar-refractivity contribution in [2.45, 2.75) is 49.1 Å². The highest BCUT2D eigenvalue weighted by Gasteiger charge is 2.37. The summed E-state index contributed by atoms with van der Waals surface area (Å²) in [6, 6.07) is -1.88. The van der Waals surface area contributed by atoms with Crippen molar-refractivity contribution in [3.05, 3.63) is 0 Å². The minimum atomic E-state index is -1.03. The van der Waals surface area contributed by atoms with Crippen molar-refractivity contribution >= 4 is 23.5 Å². The number of hydrazine groups is 2. The number of amides is 1. The quantitative estimate of drug-likeness (QED) is 0.213. The molecule has 1 amide bonds. The van der Waals surface area contributed by atoms with Gasteiger partial charge in [0, 0.05) is 26.2 Å². The molecule has 3 saturated heterocycles. The van der Waals surface area contributed by atoms with Gasteiger partial charge in [0.2, 0.25) is 5.91 Å². The fraction of sp³-hybridized carbons (Fsp3) is 0.846. The standard InChI is InChI=1S/C13H24ClN7O3/c14-9-5-8(11(13(23)24)20-18-9)16-12(22)7-1-2-10(19-17-7)21-4-3-15-6-21/h7-11,15,17-20H,1-6H2,(H,16,22)(H,23,24). The molecule has 136 valence electrons. The van der Waals surface area contributed by atoms with Gasteiger partial charge in [0.1, 0.15) is 12.1 Å². The van der Waals surface area contributed by atoms with Crippen LogP contribution >= 0.6 is 11.6 Å². The Morgan fingerprint density at radius 1 is 1.17 bits per heavy atom. The molecule has 11 heteroatoms. The fourth-order valence-electron chi connectivity index (χ4n) is 3.28. The molecule has 0 spiro atoms. The van der Waals surface area contributed by atoms with E-state index in [0.717, 1.165) is 26.2 Å². The summed E-state index contributed by atoms with van der Waals surface area (Å²) in [5.74, 6) is -1.25. The second-order valence-corrected chi connectivity index (χ2v) is 6.85. The minimum absolute atomic E-state index is 0.198. The van der Waals surface area contributed by atoms with Gasteiger partial charge in [-0.25, -0.2) is 21.7 Å².